The Morgan fingerprint density at radius 1 is 0.596 bits per heavy atom. The van der Waals surface area contributed by atoms with Gasteiger partial charge in [-0.2, -0.15) is 0 Å². The van der Waals surface area contributed by atoms with Crippen LogP contribution in [0.5, 0.6) is 0 Å². The monoisotopic (exact) mass is 699 g/mol. The van der Waals surface area contributed by atoms with Crippen molar-refractivity contribution >= 4 is 28.1 Å². The van der Waals surface area contributed by atoms with Crippen LogP contribution in [-0.2, 0) is 25.5 Å². The van der Waals surface area contributed by atoms with Crippen LogP contribution in [0.2, 0.25) is 0 Å². The number of hydrogen-bond donors (Lipinski definition) is 1. The third kappa shape index (κ3) is 6.74. The van der Waals surface area contributed by atoms with Crippen LogP contribution >= 0.6 is 11.3 Å². The summed E-state index contributed by atoms with van der Waals surface area (Å²) in [5.41, 5.74) is 3.93. The van der Waals surface area contributed by atoms with Gasteiger partial charge in [-0.1, -0.05) is 187 Å². The lowest BCUT2D eigenvalue weighted by Gasteiger charge is -2.36. The van der Waals surface area contributed by atoms with Crippen molar-refractivity contribution in [3.05, 3.63) is 226 Å². The van der Waals surface area contributed by atoms with Crippen LogP contribution in [0.15, 0.2) is 193 Å². The number of thiazole rings is 1. The van der Waals surface area contributed by atoms with Gasteiger partial charge in [0.1, 0.15) is 11.2 Å². The van der Waals surface area contributed by atoms with Crippen molar-refractivity contribution in [3.63, 3.8) is 0 Å². The third-order valence-electron chi connectivity index (χ3n) is 8.95. The average molecular weight is 700 g/mol. The lowest BCUT2D eigenvalue weighted by molar-refractivity contribution is -0.135. The maximum Gasteiger partial charge on any atom is 0.362 e. The second-order valence-corrected chi connectivity index (χ2v) is 12.9. The van der Waals surface area contributed by atoms with Gasteiger partial charge in [-0.3, -0.25) is 0 Å². The number of anilines is 1. The first-order valence-corrected chi connectivity index (χ1v) is 18.0. The first-order valence-electron chi connectivity index (χ1n) is 17.2. The Kier molecular flexibility index (Phi) is 10.3. The van der Waals surface area contributed by atoms with Gasteiger partial charge in [0, 0.05) is 22.1 Å². The fraction of sp³-hybridized carbons (Fsp3) is 0.0889. The number of carbonyl (C=O) groups excluding carboxylic acids is 1. The van der Waals surface area contributed by atoms with Crippen molar-refractivity contribution in [2.45, 2.75) is 18.1 Å². The summed E-state index contributed by atoms with van der Waals surface area (Å²) in [6.45, 7) is 1.92. The van der Waals surface area contributed by atoms with Crippen LogP contribution in [0, 0.1) is 0 Å². The Labute approximate surface area is 308 Å². The molecule has 0 unspecified atom stereocenters. The Hall–Kier alpha value is -6.31. The van der Waals surface area contributed by atoms with Gasteiger partial charge in [-0.05, 0) is 23.6 Å². The Balaban J connectivity index is 1.36. The van der Waals surface area contributed by atoms with E-state index in [2.05, 4.69) is 46.9 Å². The largest absolute Gasteiger partial charge is 0.461 e. The number of esters is 1. The summed E-state index contributed by atoms with van der Waals surface area (Å²) in [7, 11) is 0. The van der Waals surface area contributed by atoms with E-state index >= 15 is 0 Å². The van der Waals surface area contributed by atoms with Crippen LogP contribution < -0.4 is 5.32 Å². The fourth-order valence-corrected chi connectivity index (χ4v) is 7.31. The van der Waals surface area contributed by atoms with Crippen molar-refractivity contribution in [1.29, 1.82) is 0 Å². The normalized spacial score (nSPS) is 11.8. The van der Waals surface area contributed by atoms with Gasteiger partial charge in [0.05, 0.1) is 6.61 Å². The number of aromatic nitrogens is 1. The maximum atomic E-state index is 13.7. The molecule has 0 radical (unpaired) electrons. The number of nitrogens with one attached hydrogen (secondary N) is 1. The summed E-state index contributed by atoms with van der Waals surface area (Å²) in [4.78, 5) is 25.5. The molecule has 0 amide bonds. The topological polar surface area (TPSA) is 72.8 Å². The standard InChI is InChI=1S/C45H37N3O3S/c1-2-50-42(49)41(48-51-45(37-27-15-6-16-28-37,38-29-17-7-18-30-38)39-31-19-8-20-32-39)40-33-52-43(46-40)47-44(34-21-9-3-10-22-34,35-23-11-4-12-24-35)36-25-13-5-14-26-36/h3-33H,2H2,1H3,(H,46,47)/b48-41+. The molecule has 6 nitrogen and oxygen atoms in total. The van der Waals surface area contributed by atoms with Gasteiger partial charge < -0.3 is 14.9 Å². The molecule has 1 aromatic heterocycles. The zero-order chi connectivity index (χ0) is 35.6. The van der Waals surface area contributed by atoms with E-state index in [9.17, 15) is 4.79 Å². The molecule has 0 aliphatic rings. The van der Waals surface area contributed by atoms with E-state index in [1.54, 1.807) is 6.92 Å². The van der Waals surface area contributed by atoms with E-state index in [1.807, 2.05) is 151 Å². The van der Waals surface area contributed by atoms with Crippen molar-refractivity contribution in [2.24, 2.45) is 5.16 Å². The number of hydrogen-bond acceptors (Lipinski definition) is 7. The molecule has 0 saturated carbocycles. The van der Waals surface area contributed by atoms with Crippen LogP contribution in [-0.4, -0.2) is 23.3 Å². The number of oxime groups is 1. The summed E-state index contributed by atoms with van der Waals surface area (Å²) in [5.74, 6) is -0.636. The summed E-state index contributed by atoms with van der Waals surface area (Å²) >= 11 is 1.38. The van der Waals surface area contributed by atoms with Gasteiger partial charge in [0.25, 0.3) is 0 Å². The van der Waals surface area contributed by atoms with Crippen LogP contribution in [0.3, 0.4) is 0 Å². The lowest BCUT2D eigenvalue weighted by atomic mass is 9.77. The molecular formula is C45H37N3O3S. The van der Waals surface area contributed by atoms with Gasteiger partial charge in [0.15, 0.2) is 5.13 Å². The maximum absolute atomic E-state index is 13.7. The fourth-order valence-electron chi connectivity index (χ4n) is 6.56. The quantitative estimate of drug-likeness (QED) is 0.0562. The summed E-state index contributed by atoms with van der Waals surface area (Å²) in [5, 5.41) is 10.8. The zero-order valence-electron chi connectivity index (χ0n) is 28.6. The number of ether oxygens (including phenoxy) is 1. The average Bonchev–Trinajstić information content (AvgIpc) is 3.68. The molecule has 1 N–H and O–H groups in total. The Morgan fingerprint density at radius 3 is 1.33 bits per heavy atom. The third-order valence-corrected chi connectivity index (χ3v) is 9.70. The highest BCUT2D eigenvalue weighted by Gasteiger charge is 2.41. The molecule has 7 rings (SSSR count). The number of carbonyl (C=O) groups is 1. The van der Waals surface area contributed by atoms with E-state index in [1.165, 1.54) is 11.3 Å². The summed E-state index contributed by atoms with van der Waals surface area (Å²) in [6.07, 6.45) is 0. The minimum Gasteiger partial charge on any atom is -0.461 e. The second kappa shape index (κ2) is 15.7. The second-order valence-electron chi connectivity index (χ2n) is 12.0. The van der Waals surface area contributed by atoms with E-state index in [0.29, 0.717) is 10.8 Å². The molecule has 6 aromatic carbocycles. The molecule has 0 spiro atoms. The number of benzene rings is 6. The Bertz CT molecular complexity index is 2020. The summed E-state index contributed by atoms with van der Waals surface area (Å²) in [6, 6.07) is 60.5. The minimum absolute atomic E-state index is 0.0388. The predicted octanol–water partition coefficient (Wildman–Crippen LogP) is 9.82. The van der Waals surface area contributed by atoms with E-state index in [0.717, 1.165) is 33.4 Å². The molecule has 52 heavy (non-hydrogen) atoms. The van der Waals surface area contributed by atoms with Crippen molar-refractivity contribution in [2.75, 3.05) is 11.9 Å². The van der Waals surface area contributed by atoms with Gasteiger partial charge in [0.2, 0.25) is 11.3 Å². The highest BCUT2D eigenvalue weighted by atomic mass is 32.1. The van der Waals surface area contributed by atoms with Gasteiger partial charge in [-0.25, -0.2) is 9.78 Å². The molecule has 0 aliphatic carbocycles. The first kappa shape index (κ1) is 34.2. The zero-order valence-corrected chi connectivity index (χ0v) is 29.4. The molecule has 7 heteroatoms. The van der Waals surface area contributed by atoms with Crippen LogP contribution in [0.4, 0.5) is 5.13 Å². The van der Waals surface area contributed by atoms with Gasteiger partial charge >= 0.3 is 5.97 Å². The first-order chi connectivity index (χ1) is 25.6. The molecule has 1 heterocycles. The molecule has 7 aromatic rings. The molecule has 0 saturated heterocycles. The van der Waals surface area contributed by atoms with Crippen molar-refractivity contribution in [3.8, 4) is 0 Å². The van der Waals surface area contributed by atoms with Gasteiger partial charge in [-0.15, -0.1) is 11.3 Å². The SMILES string of the molecule is CCOC(=O)/C(=N/OC(c1ccccc1)(c1ccccc1)c1ccccc1)c1csc(NC(c2ccccc2)(c2ccccc2)c2ccccc2)n1. The molecule has 0 bridgehead atoms. The number of rotatable bonds is 13. The predicted molar refractivity (Wildman–Crippen MR) is 208 cm³/mol. The van der Waals surface area contributed by atoms with E-state index in [-0.39, 0.29) is 12.3 Å². The van der Waals surface area contributed by atoms with Crippen LogP contribution in [0.1, 0.15) is 46.0 Å². The lowest BCUT2D eigenvalue weighted by Crippen LogP contribution is -2.38. The van der Waals surface area contributed by atoms with Crippen molar-refractivity contribution < 1.29 is 14.4 Å². The van der Waals surface area contributed by atoms with E-state index in [4.69, 9.17) is 14.6 Å². The molecule has 0 aliphatic heterocycles. The number of nitrogens with zero attached hydrogens (tertiary/aromatic N) is 2. The van der Waals surface area contributed by atoms with Crippen molar-refractivity contribution in [1.82, 2.24) is 4.98 Å². The van der Waals surface area contributed by atoms with Crippen LogP contribution in [0.25, 0.3) is 0 Å². The summed E-state index contributed by atoms with van der Waals surface area (Å²) < 4.78 is 5.55. The van der Waals surface area contributed by atoms with E-state index < -0.39 is 17.1 Å². The highest BCUT2D eigenvalue weighted by Crippen LogP contribution is 2.42. The molecule has 0 atom stereocenters. The highest BCUT2D eigenvalue weighted by molar-refractivity contribution is 7.14. The Morgan fingerprint density at radius 2 is 0.962 bits per heavy atom. The molecular weight excluding hydrogens is 663 g/mol. The molecule has 256 valence electrons. The molecule has 0 fully saturated rings. The smallest absolute Gasteiger partial charge is 0.362 e. The minimum atomic E-state index is -1.19.